The van der Waals surface area contributed by atoms with E-state index in [2.05, 4.69) is 6.92 Å². The van der Waals surface area contributed by atoms with Crippen molar-refractivity contribution in [2.45, 2.75) is 25.7 Å². The van der Waals surface area contributed by atoms with E-state index in [0.29, 0.717) is 38.0 Å². The average molecular weight is 442 g/mol. The Morgan fingerprint density at radius 1 is 1.18 bits per heavy atom. The van der Waals surface area contributed by atoms with E-state index in [1.807, 2.05) is 4.90 Å². The van der Waals surface area contributed by atoms with Crippen molar-refractivity contribution in [2.75, 3.05) is 25.4 Å². The molecular formula is C21H23Cl3N2O2. The lowest BCUT2D eigenvalue weighted by Gasteiger charge is -2.33. The van der Waals surface area contributed by atoms with Crippen molar-refractivity contribution in [3.8, 4) is 5.75 Å². The van der Waals surface area contributed by atoms with E-state index in [-0.39, 0.29) is 12.5 Å². The van der Waals surface area contributed by atoms with E-state index in [1.54, 1.807) is 36.4 Å². The maximum atomic E-state index is 13.3. The van der Waals surface area contributed by atoms with Crippen LogP contribution in [0.15, 0.2) is 36.4 Å². The van der Waals surface area contributed by atoms with Gasteiger partial charge in [-0.2, -0.15) is 0 Å². The summed E-state index contributed by atoms with van der Waals surface area (Å²) in [7, 11) is 0. The van der Waals surface area contributed by atoms with Gasteiger partial charge in [0, 0.05) is 18.1 Å². The lowest BCUT2D eigenvalue weighted by atomic mass is 9.94. The van der Waals surface area contributed by atoms with Crippen LogP contribution in [0.2, 0.25) is 15.1 Å². The third-order valence-electron chi connectivity index (χ3n) is 5.11. The second-order valence-electron chi connectivity index (χ2n) is 7.23. The number of ether oxygens (including phenoxy) is 1. The first-order valence-electron chi connectivity index (χ1n) is 9.26. The van der Waals surface area contributed by atoms with E-state index in [4.69, 9.17) is 45.3 Å². The van der Waals surface area contributed by atoms with Crippen molar-refractivity contribution < 1.29 is 9.53 Å². The Kier molecular flexibility index (Phi) is 6.97. The second-order valence-corrected chi connectivity index (χ2v) is 8.48. The predicted octanol–water partition coefficient (Wildman–Crippen LogP) is 5.65. The minimum absolute atomic E-state index is 0.00540. The fourth-order valence-electron chi connectivity index (χ4n) is 3.30. The first-order chi connectivity index (χ1) is 13.3. The van der Waals surface area contributed by atoms with Gasteiger partial charge in [-0.1, -0.05) is 47.8 Å². The molecule has 2 aromatic carbocycles. The van der Waals surface area contributed by atoms with Crippen LogP contribution in [0.25, 0.3) is 0 Å². The highest BCUT2D eigenvalue weighted by Gasteiger charge is 2.30. The number of carbonyl (C=O) groups is 1. The number of benzene rings is 2. The molecule has 1 fully saturated rings. The summed E-state index contributed by atoms with van der Waals surface area (Å²) in [6, 6.07) is 10.5. The van der Waals surface area contributed by atoms with Gasteiger partial charge in [-0.15, -0.1) is 0 Å². The van der Waals surface area contributed by atoms with Gasteiger partial charge in [0.25, 0.3) is 0 Å². The van der Waals surface area contributed by atoms with Crippen LogP contribution in [0, 0.1) is 5.92 Å². The standard InChI is InChI=1S/C21H23Cl3N2O2/c1-13-5-7-26(8-6-13)21(27)17(12-28-16-4-2-3-15(22)11-16)14-9-18(23)20(25)19(24)10-14/h2-4,9-11,13,17H,5-8,12,25H2,1H3. The number of carbonyl (C=O) groups excluding carboxylic acids is 1. The molecule has 7 heteroatoms. The molecule has 0 aliphatic carbocycles. The number of hydrogen-bond acceptors (Lipinski definition) is 3. The van der Waals surface area contributed by atoms with Gasteiger partial charge in [0.1, 0.15) is 12.4 Å². The molecule has 1 amide bonds. The number of piperidine rings is 1. The molecule has 1 atom stereocenters. The zero-order chi connectivity index (χ0) is 20.3. The molecule has 1 aliphatic heterocycles. The van der Waals surface area contributed by atoms with Crippen LogP contribution >= 0.6 is 34.8 Å². The molecule has 2 aromatic rings. The number of hydrogen-bond donors (Lipinski definition) is 1. The van der Waals surface area contributed by atoms with Crippen molar-refractivity contribution in [1.29, 1.82) is 0 Å². The van der Waals surface area contributed by atoms with Gasteiger partial charge < -0.3 is 15.4 Å². The van der Waals surface area contributed by atoms with Crippen LogP contribution in [-0.4, -0.2) is 30.5 Å². The zero-order valence-electron chi connectivity index (χ0n) is 15.6. The number of nitrogens with two attached hydrogens (primary N) is 1. The van der Waals surface area contributed by atoms with Crippen LogP contribution in [0.1, 0.15) is 31.2 Å². The van der Waals surface area contributed by atoms with Crippen LogP contribution < -0.4 is 10.5 Å². The molecule has 150 valence electrons. The minimum atomic E-state index is -0.539. The monoisotopic (exact) mass is 440 g/mol. The third-order valence-corrected chi connectivity index (χ3v) is 5.97. The van der Waals surface area contributed by atoms with Crippen molar-refractivity contribution in [3.05, 3.63) is 57.0 Å². The maximum Gasteiger partial charge on any atom is 0.233 e. The average Bonchev–Trinajstić information content (AvgIpc) is 2.66. The van der Waals surface area contributed by atoms with Crippen molar-refractivity contribution >= 4 is 46.4 Å². The number of rotatable bonds is 5. The summed E-state index contributed by atoms with van der Waals surface area (Å²) in [6.45, 7) is 3.84. The number of nitrogen functional groups attached to an aromatic ring is 1. The van der Waals surface area contributed by atoms with Gasteiger partial charge in [-0.25, -0.2) is 0 Å². The SMILES string of the molecule is CC1CCN(C(=O)C(COc2cccc(Cl)c2)c2cc(Cl)c(N)c(Cl)c2)CC1. The van der Waals surface area contributed by atoms with E-state index >= 15 is 0 Å². The fourth-order valence-corrected chi connectivity index (χ4v) is 3.99. The Bertz CT molecular complexity index is 828. The smallest absolute Gasteiger partial charge is 0.233 e. The Balaban J connectivity index is 1.86. The second kappa shape index (κ2) is 9.25. The largest absolute Gasteiger partial charge is 0.492 e. The molecule has 0 aromatic heterocycles. The third kappa shape index (κ3) is 5.05. The quantitative estimate of drug-likeness (QED) is 0.610. The minimum Gasteiger partial charge on any atom is -0.492 e. The summed E-state index contributed by atoms with van der Waals surface area (Å²) in [5, 5.41) is 1.23. The van der Waals surface area contributed by atoms with E-state index < -0.39 is 5.92 Å². The molecule has 2 N–H and O–H groups in total. The van der Waals surface area contributed by atoms with Gasteiger partial charge in [0.15, 0.2) is 0 Å². The lowest BCUT2D eigenvalue weighted by Crippen LogP contribution is -2.42. The van der Waals surface area contributed by atoms with E-state index in [0.717, 1.165) is 25.9 Å². The van der Waals surface area contributed by atoms with Crippen molar-refractivity contribution in [2.24, 2.45) is 5.92 Å². The molecule has 4 nitrogen and oxygen atoms in total. The zero-order valence-corrected chi connectivity index (χ0v) is 17.9. The summed E-state index contributed by atoms with van der Waals surface area (Å²) in [4.78, 5) is 15.2. The van der Waals surface area contributed by atoms with Crippen molar-refractivity contribution in [3.63, 3.8) is 0 Å². The Labute approximate surface area is 180 Å². The summed E-state index contributed by atoms with van der Waals surface area (Å²) >= 11 is 18.5. The van der Waals surface area contributed by atoms with Crippen molar-refractivity contribution in [1.82, 2.24) is 4.90 Å². The van der Waals surface area contributed by atoms with E-state index in [1.165, 1.54) is 0 Å². The number of nitrogens with zero attached hydrogens (tertiary/aromatic N) is 1. The number of halogens is 3. The first-order valence-corrected chi connectivity index (χ1v) is 10.4. The van der Waals surface area contributed by atoms with Crippen LogP contribution in [0.4, 0.5) is 5.69 Å². The maximum absolute atomic E-state index is 13.3. The number of anilines is 1. The Morgan fingerprint density at radius 3 is 2.43 bits per heavy atom. The van der Waals surface area contributed by atoms with Gasteiger partial charge in [-0.05, 0) is 54.7 Å². The summed E-state index contributed by atoms with van der Waals surface area (Å²) < 4.78 is 5.90. The number of likely N-dealkylation sites (tertiary alicyclic amines) is 1. The molecule has 1 heterocycles. The van der Waals surface area contributed by atoms with Gasteiger partial charge >= 0.3 is 0 Å². The predicted molar refractivity (Wildman–Crippen MR) is 116 cm³/mol. The van der Waals surface area contributed by atoms with Gasteiger partial charge in [0.05, 0.1) is 21.7 Å². The normalized spacial score (nSPS) is 16.1. The lowest BCUT2D eigenvalue weighted by molar-refractivity contribution is -0.134. The van der Waals surface area contributed by atoms with Gasteiger partial charge in [-0.3, -0.25) is 4.79 Å². The topological polar surface area (TPSA) is 55.6 Å². The molecule has 0 spiro atoms. The molecule has 28 heavy (non-hydrogen) atoms. The van der Waals surface area contributed by atoms with Crippen LogP contribution in [0.5, 0.6) is 5.75 Å². The highest BCUT2D eigenvalue weighted by atomic mass is 35.5. The Morgan fingerprint density at radius 2 is 1.82 bits per heavy atom. The van der Waals surface area contributed by atoms with Gasteiger partial charge in [0.2, 0.25) is 5.91 Å². The molecule has 3 rings (SSSR count). The molecule has 1 saturated heterocycles. The molecule has 0 bridgehead atoms. The highest BCUT2D eigenvalue weighted by Crippen LogP contribution is 2.33. The summed E-state index contributed by atoms with van der Waals surface area (Å²) in [5.41, 5.74) is 6.86. The van der Waals surface area contributed by atoms with E-state index in [9.17, 15) is 4.79 Å². The summed E-state index contributed by atoms with van der Waals surface area (Å²) in [5.74, 6) is 0.699. The van der Waals surface area contributed by atoms with Crippen LogP contribution in [-0.2, 0) is 4.79 Å². The molecule has 0 saturated carbocycles. The molecule has 0 radical (unpaired) electrons. The first kappa shape index (κ1) is 21.1. The molecule has 1 aliphatic rings. The summed E-state index contributed by atoms with van der Waals surface area (Å²) in [6.07, 6.45) is 1.99. The molecule has 1 unspecified atom stereocenters. The fraction of sp³-hybridized carbons (Fsp3) is 0.381. The highest BCUT2D eigenvalue weighted by molar-refractivity contribution is 6.39. The Hall–Kier alpha value is -1.62. The molecular weight excluding hydrogens is 419 g/mol. The number of amides is 1. The van der Waals surface area contributed by atoms with Crippen LogP contribution in [0.3, 0.4) is 0 Å².